The molecule has 0 unspecified atom stereocenters. The number of benzene rings is 1. The minimum Gasteiger partial charge on any atom is -0.496 e. The van der Waals surface area contributed by atoms with Gasteiger partial charge in [-0.05, 0) is 18.2 Å². The zero-order chi connectivity index (χ0) is 12.4. The molecule has 0 saturated carbocycles. The fourth-order valence-electron chi connectivity index (χ4n) is 1.97. The van der Waals surface area contributed by atoms with E-state index in [1.807, 2.05) is 48.7 Å². The summed E-state index contributed by atoms with van der Waals surface area (Å²) in [5.74, 6) is 1.67. The van der Waals surface area contributed by atoms with Gasteiger partial charge < -0.3 is 4.74 Å². The van der Waals surface area contributed by atoms with Gasteiger partial charge in [0.2, 0.25) is 0 Å². The molecule has 0 aliphatic carbocycles. The van der Waals surface area contributed by atoms with Crippen molar-refractivity contribution in [3.05, 3.63) is 60.0 Å². The number of hydrogen-bond acceptors (Lipinski definition) is 3. The number of methoxy groups -OCH3 is 1. The Hall–Kier alpha value is -2.36. The summed E-state index contributed by atoms with van der Waals surface area (Å²) in [5, 5.41) is 4.43. The third-order valence-electron chi connectivity index (χ3n) is 2.83. The largest absolute Gasteiger partial charge is 0.496 e. The molecule has 0 fully saturated rings. The minimum atomic E-state index is 0.672. The number of nitrogens with zero attached hydrogens (tertiary/aromatic N) is 3. The molecule has 0 N–H and O–H groups in total. The number of aromatic nitrogens is 3. The topological polar surface area (TPSA) is 39.4 Å². The molecule has 90 valence electrons. The summed E-state index contributed by atoms with van der Waals surface area (Å²) in [7, 11) is 1.68. The summed E-state index contributed by atoms with van der Waals surface area (Å²) in [4.78, 5) is 4.48. The minimum absolute atomic E-state index is 0.672. The maximum Gasteiger partial charge on any atom is 0.156 e. The summed E-state index contributed by atoms with van der Waals surface area (Å²) < 4.78 is 7.11. The first-order chi connectivity index (χ1) is 8.86. The summed E-state index contributed by atoms with van der Waals surface area (Å²) >= 11 is 0. The van der Waals surface area contributed by atoms with E-state index in [0.29, 0.717) is 6.42 Å². The van der Waals surface area contributed by atoms with Crippen LogP contribution in [0.1, 0.15) is 11.4 Å². The first-order valence-electron chi connectivity index (χ1n) is 5.79. The molecule has 2 aromatic heterocycles. The predicted octanol–water partition coefficient (Wildman–Crippen LogP) is 2.33. The van der Waals surface area contributed by atoms with Gasteiger partial charge in [0.15, 0.2) is 11.5 Å². The second-order valence-corrected chi connectivity index (χ2v) is 4.02. The molecule has 3 aromatic rings. The molecule has 0 bridgehead atoms. The van der Waals surface area contributed by atoms with Crippen LogP contribution in [0.2, 0.25) is 0 Å². The average molecular weight is 239 g/mol. The van der Waals surface area contributed by atoms with E-state index in [1.165, 1.54) is 0 Å². The number of para-hydroxylation sites is 1. The van der Waals surface area contributed by atoms with Crippen molar-refractivity contribution in [2.24, 2.45) is 0 Å². The van der Waals surface area contributed by atoms with Gasteiger partial charge in [-0.2, -0.15) is 5.10 Å². The lowest BCUT2D eigenvalue weighted by Gasteiger charge is -2.05. The third kappa shape index (κ3) is 1.93. The third-order valence-corrected chi connectivity index (χ3v) is 2.83. The molecule has 0 aliphatic rings. The van der Waals surface area contributed by atoms with Gasteiger partial charge in [0.1, 0.15) is 5.75 Å². The van der Waals surface area contributed by atoms with Crippen molar-refractivity contribution in [2.45, 2.75) is 6.42 Å². The number of pyridine rings is 1. The van der Waals surface area contributed by atoms with Crippen LogP contribution < -0.4 is 4.74 Å². The molecule has 2 heterocycles. The molecular weight excluding hydrogens is 226 g/mol. The van der Waals surface area contributed by atoms with Gasteiger partial charge in [0, 0.05) is 18.2 Å². The van der Waals surface area contributed by atoms with E-state index in [9.17, 15) is 0 Å². The predicted molar refractivity (Wildman–Crippen MR) is 68.8 cm³/mol. The molecule has 0 spiro atoms. The number of hydrogen-bond donors (Lipinski definition) is 0. The highest BCUT2D eigenvalue weighted by Crippen LogP contribution is 2.19. The standard InChI is InChI=1S/C14H13N3O/c1-18-12-7-3-2-6-11(12)10-13-15-14-8-4-5-9-17(14)16-13/h2-9H,10H2,1H3. The van der Waals surface area contributed by atoms with Crippen LogP contribution in [0.15, 0.2) is 48.7 Å². The summed E-state index contributed by atoms with van der Waals surface area (Å²) in [5.41, 5.74) is 1.96. The van der Waals surface area contributed by atoms with Gasteiger partial charge in [-0.15, -0.1) is 0 Å². The molecule has 0 saturated heterocycles. The Labute approximate surface area is 105 Å². The Morgan fingerprint density at radius 1 is 1.11 bits per heavy atom. The van der Waals surface area contributed by atoms with Crippen LogP contribution in [-0.4, -0.2) is 21.7 Å². The van der Waals surface area contributed by atoms with Gasteiger partial charge in [-0.3, -0.25) is 0 Å². The fraction of sp³-hybridized carbons (Fsp3) is 0.143. The van der Waals surface area contributed by atoms with E-state index >= 15 is 0 Å². The first-order valence-corrected chi connectivity index (χ1v) is 5.79. The number of ether oxygens (including phenoxy) is 1. The molecule has 3 rings (SSSR count). The van der Waals surface area contributed by atoms with Gasteiger partial charge in [0.05, 0.1) is 7.11 Å². The van der Waals surface area contributed by atoms with Crippen LogP contribution in [-0.2, 0) is 6.42 Å². The highest BCUT2D eigenvalue weighted by atomic mass is 16.5. The average Bonchev–Trinajstić information content (AvgIpc) is 2.81. The van der Waals surface area contributed by atoms with Crippen LogP contribution in [0.3, 0.4) is 0 Å². The highest BCUT2D eigenvalue weighted by molar-refractivity contribution is 5.39. The Kier molecular flexibility index (Phi) is 2.68. The van der Waals surface area contributed by atoms with E-state index in [2.05, 4.69) is 10.1 Å². The Balaban J connectivity index is 1.96. The van der Waals surface area contributed by atoms with E-state index < -0.39 is 0 Å². The smallest absolute Gasteiger partial charge is 0.156 e. The van der Waals surface area contributed by atoms with Crippen LogP contribution in [0.25, 0.3) is 5.65 Å². The van der Waals surface area contributed by atoms with Crippen LogP contribution in [0.4, 0.5) is 0 Å². The molecular formula is C14H13N3O. The van der Waals surface area contributed by atoms with Crippen molar-refractivity contribution in [1.82, 2.24) is 14.6 Å². The van der Waals surface area contributed by atoms with E-state index in [4.69, 9.17) is 4.74 Å². The molecule has 18 heavy (non-hydrogen) atoms. The molecule has 0 amide bonds. The number of fused-ring (bicyclic) bond motifs is 1. The number of rotatable bonds is 3. The summed E-state index contributed by atoms with van der Waals surface area (Å²) in [6.45, 7) is 0. The summed E-state index contributed by atoms with van der Waals surface area (Å²) in [6.07, 6.45) is 2.57. The Bertz CT molecular complexity index is 642. The van der Waals surface area contributed by atoms with Gasteiger partial charge in [-0.25, -0.2) is 9.50 Å². The summed E-state index contributed by atoms with van der Waals surface area (Å²) in [6, 6.07) is 13.8. The van der Waals surface area contributed by atoms with E-state index in [1.54, 1.807) is 11.6 Å². The molecule has 0 radical (unpaired) electrons. The molecule has 0 aliphatic heterocycles. The lowest BCUT2D eigenvalue weighted by molar-refractivity contribution is 0.410. The molecule has 4 nitrogen and oxygen atoms in total. The Morgan fingerprint density at radius 2 is 1.94 bits per heavy atom. The molecule has 4 heteroatoms. The Morgan fingerprint density at radius 3 is 2.78 bits per heavy atom. The van der Waals surface area contributed by atoms with Crippen LogP contribution in [0, 0.1) is 0 Å². The monoisotopic (exact) mass is 239 g/mol. The molecule has 1 aromatic carbocycles. The van der Waals surface area contributed by atoms with E-state index in [-0.39, 0.29) is 0 Å². The SMILES string of the molecule is COc1ccccc1Cc1nc2ccccn2n1. The van der Waals surface area contributed by atoms with Crippen molar-refractivity contribution in [2.75, 3.05) is 7.11 Å². The quantitative estimate of drug-likeness (QED) is 0.704. The lowest BCUT2D eigenvalue weighted by Crippen LogP contribution is -1.95. The van der Waals surface area contributed by atoms with Crippen molar-refractivity contribution < 1.29 is 4.74 Å². The lowest BCUT2D eigenvalue weighted by atomic mass is 10.1. The van der Waals surface area contributed by atoms with Crippen LogP contribution >= 0.6 is 0 Å². The van der Waals surface area contributed by atoms with Gasteiger partial charge in [-0.1, -0.05) is 24.3 Å². The normalized spacial score (nSPS) is 10.7. The zero-order valence-electron chi connectivity index (χ0n) is 10.1. The van der Waals surface area contributed by atoms with Gasteiger partial charge >= 0.3 is 0 Å². The maximum absolute atomic E-state index is 5.33. The van der Waals surface area contributed by atoms with Crippen LogP contribution in [0.5, 0.6) is 5.75 Å². The second-order valence-electron chi connectivity index (χ2n) is 4.02. The highest BCUT2D eigenvalue weighted by Gasteiger charge is 2.07. The van der Waals surface area contributed by atoms with Gasteiger partial charge in [0.25, 0.3) is 0 Å². The van der Waals surface area contributed by atoms with Crippen molar-refractivity contribution >= 4 is 5.65 Å². The van der Waals surface area contributed by atoms with E-state index in [0.717, 1.165) is 22.8 Å². The molecule has 0 atom stereocenters. The fourth-order valence-corrected chi connectivity index (χ4v) is 1.97. The first kappa shape index (κ1) is 10.8. The van der Waals surface area contributed by atoms with Crippen molar-refractivity contribution in [1.29, 1.82) is 0 Å². The van der Waals surface area contributed by atoms with Crippen molar-refractivity contribution in [3.63, 3.8) is 0 Å². The second kappa shape index (κ2) is 4.49. The maximum atomic E-state index is 5.33. The zero-order valence-corrected chi connectivity index (χ0v) is 10.1. The van der Waals surface area contributed by atoms with Crippen molar-refractivity contribution in [3.8, 4) is 5.75 Å².